The third kappa shape index (κ3) is 3.68. The lowest BCUT2D eigenvalue weighted by Crippen LogP contribution is -2.40. The maximum atomic E-state index is 12.2. The summed E-state index contributed by atoms with van der Waals surface area (Å²) < 4.78 is 25.4. The van der Waals surface area contributed by atoms with Gasteiger partial charge in [0.25, 0.3) is 5.69 Å². The van der Waals surface area contributed by atoms with E-state index in [1.54, 1.807) is 0 Å². The van der Waals surface area contributed by atoms with E-state index in [0.29, 0.717) is 24.7 Å². The summed E-state index contributed by atoms with van der Waals surface area (Å²) >= 11 is 0. The molecule has 134 valence electrons. The summed E-state index contributed by atoms with van der Waals surface area (Å²) in [6.45, 7) is 3.32. The molecule has 1 aliphatic heterocycles. The zero-order valence-corrected chi connectivity index (χ0v) is 15.0. The molecular weight excluding hydrogens is 332 g/mol. The number of anilines is 1. The number of nitrogens with zero attached hydrogens (tertiary/aromatic N) is 3. The summed E-state index contributed by atoms with van der Waals surface area (Å²) in [7, 11) is -0.913. The summed E-state index contributed by atoms with van der Waals surface area (Å²) in [5.41, 5.74) is 6.20. The smallest absolute Gasteiger partial charge is 0.293 e. The Kier molecular flexibility index (Phi) is 5.46. The Morgan fingerprint density at radius 1 is 1.33 bits per heavy atom. The first-order chi connectivity index (χ1) is 11.1. The lowest BCUT2D eigenvalue weighted by atomic mass is 9.90. The van der Waals surface area contributed by atoms with Crippen LogP contribution in [0.5, 0.6) is 0 Å². The molecule has 0 saturated carbocycles. The number of hydrogen-bond acceptors (Lipinski definition) is 6. The molecule has 0 aliphatic carbocycles. The molecule has 2 rings (SSSR count). The molecule has 1 atom stereocenters. The minimum atomic E-state index is -3.71. The molecule has 0 radical (unpaired) electrons. The average molecular weight is 356 g/mol. The highest BCUT2D eigenvalue weighted by Crippen LogP contribution is 2.34. The van der Waals surface area contributed by atoms with Crippen LogP contribution in [0, 0.1) is 16.0 Å². The van der Waals surface area contributed by atoms with Gasteiger partial charge in [0, 0.05) is 39.3 Å². The van der Waals surface area contributed by atoms with Crippen LogP contribution >= 0.6 is 0 Å². The van der Waals surface area contributed by atoms with Crippen LogP contribution in [0.4, 0.5) is 11.4 Å². The maximum absolute atomic E-state index is 12.2. The second-order valence-electron chi connectivity index (χ2n) is 6.38. The Morgan fingerprint density at radius 2 is 1.92 bits per heavy atom. The Balaban J connectivity index is 2.34. The van der Waals surface area contributed by atoms with Gasteiger partial charge in [-0.3, -0.25) is 10.1 Å². The fourth-order valence-electron chi connectivity index (χ4n) is 2.95. The number of nitrogens with two attached hydrogens (primary N) is 1. The van der Waals surface area contributed by atoms with Crippen molar-refractivity contribution in [2.24, 2.45) is 11.7 Å². The van der Waals surface area contributed by atoms with Crippen molar-refractivity contribution < 1.29 is 13.3 Å². The van der Waals surface area contributed by atoms with Crippen molar-refractivity contribution in [3.8, 4) is 0 Å². The topological polar surface area (TPSA) is 110 Å². The van der Waals surface area contributed by atoms with Gasteiger partial charge in [-0.25, -0.2) is 12.7 Å². The molecule has 2 N–H and O–H groups in total. The van der Waals surface area contributed by atoms with Crippen LogP contribution in [0.3, 0.4) is 0 Å². The third-order valence-electron chi connectivity index (χ3n) is 4.55. The van der Waals surface area contributed by atoms with Gasteiger partial charge in [-0.1, -0.05) is 0 Å². The molecule has 0 bridgehead atoms. The number of nitro benzene ring substituents is 1. The predicted octanol–water partition coefficient (Wildman–Crippen LogP) is 1.41. The van der Waals surface area contributed by atoms with E-state index in [-0.39, 0.29) is 16.6 Å². The second-order valence-corrected chi connectivity index (χ2v) is 8.53. The number of nitro groups is 1. The lowest BCUT2D eigenvalue weighted by molar-refractivity contribution is -0.384. The summed E-state index contributed by atoms with van der Waals surface area (Å²) in [5, 5.41) is 11.4. The largest absolute Gasteiger partial charge is 0.366 e. The van der Waals surface area contributed by atoms with E-state index in [9.17, 15) is 18.5 Å². The zero-order valence-electron chi connectivity index (χ0n) is 14.2. The number of hydrogen-bond donors (Lipinski definition) is 1. The molecule has 1 aromatic rings. The number of piperidine rings is 1. The molecular formula is C15H24N4O4S. The summed E-state index contributed by atoms with van der Waals surface area (Å²) in [4.78, 5) is 12.8. The van der Waals surface area contributed by atoms with Gasteiger partial charge in [-0.05, 0) is 37.8 Å². The minimum Gasteiger partial charge on any atom is -0.366 e. The summed E-state index contributed by atoms with van der Waals surface area (Å²) in [6, 6.07) is 4.20. The van der Waals surface area contributed by atoms with Crippen LogP contribution in [-0.2, 0) is 10.0 Å². The highest BCUT2D eigenvalue weighted by molar-refractivity contribution is 7.89. The van der Waals surface area contributed by atoms with Crippen LogP contribution in [0.1, 0.15) is 19.8 Å². The van der Waals surface area contributed by atoms with Gasteiger partial charge in [0.15, 0.2) is 0 Å². The molecule has 0 aromatic heterocycles. The summed E-state index contributed by atoms with van der Waals surface area (Å²) in [5.74, 6) is 0.411. The van der Waals surface area contributed by atoms with E-state index >= 15 is 0 Å². The van der Waals surface area contributed by atoms with Crippen LogP contribution in [0.15, 0.2) is 23.1 Å². The van der Waals surface area contributed by atoms with Crippen LogP contribution in [0.25, 0.3) is 0 Å². The van der Waals surface area contributed by atoms with Gasteiger partial charge in [0.1, 0.15) is 5.69 Å². The van der Waals surface area contributed by atoms with Crippen molar-refractivity contribution in [2.75, 3.05) is 32.1 Å². The number of sulfonamides is 1. The molecule has 8 nitrogen and oxygen atoms in total. The van der Waals surface area contributed by atoms with Crippen LogP contribution in [0.2, 0.25) is 0 Å². The summed E-state index contributed by atoms with van der Waals surface area (Å²) in [6.07, 6.45) is 1.74. The number of benzene rings is 1. The molecule has 0 spiro atoms. The fraction of sp³-hybridized carbons (Fsp3) is 0.600. The molecule has 9 heteroatoms. The van der Waals surface area contributed by atoms with Crippen LogP contribution < -0.4 is 10.6 Å². The third-order valence-corrected chi connectivity index (χ3v) is 6.36. The number of rotatable bonds is 5. The molecule has 24 heavy (non-hydrogen) atoms. The van der Waals surface area contributed by atoms with E-state index in [2.05, 4.69) is 0 Å². The first-order valence-corrected chi connectivity index (χ1v) is 9.30. The maximum Gasteiger partial charge on any atom is 0.293 e. The first-order valence-electron chi connectivity index (χ1n) is 7.86. The normalized spacial score (nSPS) is 18.0. The van der Waals surface area contributed by atoms with E-state index in [0.717, 1.165) is 23.2 Å². The average Bonchev–Trinajstić information content (AvgIpc) is 2.54. The molecule has 1 fully saturated rings. The quantitative estimate of drug-likeness (QED) is 0.631. The first kappa shape index (κ1) is 18.6. The fourth-order valence-corrected chi connectivity index (χ4v) is 3.88. The van der Waals surface area contributed by atoms with Gasteiger partial charge in [0.2, 0.25) is 10.0 Å². The van der Waals surface area contributed by atoms with Crippen molar-refractivity contribution in [3.05, 3.63) is 28.3 Å². The van der Waals surface area contributed by atoms with Crippen molar-refractivity contribution >= 4 is 21.4 Å². The highest BCUT2D eigenvalue weighted by atomic mass is 32.2. The SMILES string of the molecule is CC(N)C1CCN(c2ccc(S(=O)(=O)N(C)C)cc2[N+](=O)[O-])CC1. The van der Waals surface area contributed by atoms with Gasteiger partial charge in [-0.2, -0.15) is 0 Å². The zero-order chi connectivity index (χ0) is 18.1. The van der Waals surface area contributed by atoms with Gasteiger partial charge < -0.3 is 10.6 Å². The molecule has 1 saturated heterocycles. The second kappa shape index (κ2) is 7.04. The van der Waals surface area contributed by atoms with Crippen molar-refractivity contribution in [2.45, 2.75) is 30.7 Å². The highest BCUT2D eigenvalue weighted by Gasteiger charge is 2.28. The van der Waals surface area contributed by atoms with Crippen LogP contribution in [-0.4, -0.2) is 50.9 Å². The molecule has 1 heterocycles. The van der Waals surface area contributed by atoms with Gasteiger partial charge in [-0.15, -0.1) is 0 Å². The van der Waals surface area contributed by atoms with Gasteiger partial charge in [0.05, 0.1) is 9.82 Å². The monoisotopic (exact) mass is 356 g/mol. The molecule has 1 aromatic carbocycles. The van der Waals surface area contributed by atoms with E-state index < -0.39 is 14.9 Å². The Hall–Kier alpha value is -1.71. The lowest BCUT2D eigenvalue weighted by Gasteiger charge is -2.34. The molecule has 0 amide bonds. The van der Waals surface area contributed by atoms with Crippen molar-refractivity contribution in [1.29, 1.82) is 0 Å². The Morgan fingerprint density at radius 3 is 2.38 bits per heavy atom. The van der Waals surface area contributed by atoms with E-state index in [4.69, 9.17) is 5.73 Å². The van der Waals surface area contributed by atoms with Crippen molar-refractivity contribution in [3.63, 3.8) is 0 Å². The standard InChI is InChI=1S/C15H24N4O4S/c1-11(16)12-6-8-18(9-7-12)14-5-4-13(10-15(14)19(20)21)24(22,23)17(2)3/h4-5,10-12H,6-9,16H2,1-3H3. The molecule has 1 aliphatic rings. The Labute approximate surface area is 142 Å². The van der Waals surface area contributed by atoms with E-state index in [1.165, 1.54) is 26.2 Å². The van der Waals surface area contributed by atoms with Gasteiger partial charge >= 0.3 is 0 Å². The van der Waals surface area contributed by atoms with Crippen molar-refractivity contribution in [1.82, 2.24) is 4.31 Å². The predicted molar refractivity (Wildman–Crippen MR) is 92.6 cm³/mol. The minimum absolute atomic E-state index is 0.0755. The molecule has 1 unspecified atom stereocenters. The Bertz CT molecular complexity index is 710. The van der Waals surface area contributed by atoms with E-state index in [1.807, 2.05) is 11.8 Å².